The molecule has 2 amide bonds. The van der Waals surface area contributed by atoms with Gasteiger partial charge < -0.3 is 14.8 Å². The molecule has 0 aromatic heterocycles. The number of ether oxygens (including phenoxy) is 2. The Hall–Kier alpha value is -3.06. The molecule has 154 valence electrons. The summed E-state index contributed by atoms with van der Waals surface area (Å²) in [5, 5.41) is 6.80. The molecule has 0 aliphatic rings. The molecule has 0 fully saturated rings. The Bertz CT molecular complexity index is 899. The van der Waals surface area contributed by atoms with E-state index in [2.05, 4.69) is 15.8 Å². The lowest BCUT2D eigenvalue weighted by Crippen LogP contribution is -2.32. The van der Waals surface area contributed by atoms with E-state index in [9.17, 15) is 9.59 Å². The highest BCUT2D eigenvalue weighted by molar-refractivity contribution is 6.40. The van der Waals surface area contributed by atoms with Crippen LogP contribution in [-0.2, 0) is 9.59 Å². The molecule has 2 rings (SSSR count). The third-order valence-electron chi connectivity index (χ3n) is 3.76. The number of halogens is 1. The molecule has 2 N–H and O–H groups in total. The van der Waals surface area contributed by atoms with Crippen LogP contribution in [0.5, 0.6) is 11.5 Å². The predicted octanol–water partition coefficient (Wildman–Crippen LogP) is 3.92. The first-order chi connectivity index (χ1) is 13.9. The minimum atomic E-state index is -0.895. The summed E-state index contributed by atoms with van der Waals surface area (Å²) in [6.45, 7) is 6.78. The van der Waals surface area contributed by atoms with Crippen molar-refractivity contribution in [2.45, 2.75) is 27.2 Å². The Morgan fingerprint density at radius 2 is 1.86 bits per heavy atom. The van der Waals surface area contributed by atoms with E-state index < -0.39 is 11.8 Å². The number of nitrogens with zero attached hydrogens (tertiary/aromatic N) is 1. The highest BCUT2D eigenvalue weighted by Gasteiger charge is 2.14. The quantitative estimate of drug-likeness (QED) is 0.387. The van der Waals surface area contributed by atoms with Crippen LogP contribution in [0, 0.1) is 6.92 Å². The fourth-order valence-electron chi connectivity index (χ4n) is 2.33. The molecular formula is C21H24ClN3O4. The first-order valence-electron chi connectivity index (χ1n) is 9.24. The number of amides is 2. The Morgan fingerprint density at radius 3 is 2.59 bits per heavy atom. The second-order valence-electron chi connectivity index (χ2n) is 6.10. The van der Waals surface area contributed by atoms with E-state index in [-0.39, 0.29) is 0 Å². The van der Waals surface area contributed by atoms with E-state index in [1.54, 1.807) is 43.3 Å². The highest BCUT2D eigenvalue weighted by atomic mass is 35.5. The molecule has 29 heavy (non-hydrogen) atoms. The summed E-state index contributed by atoms with van der Waals surface area (Å²) in [6, 6.07) is 10.3. The zero-order valence-corrected chi connectivity index (χ0v) is 17.4. The Kier molecular flexibility index (Phi) is 8.48. The maximum Gasteiger partial charge on any atom is 0.329 e. The SMILES string of the molecule is CCCOc1ccc(/C=N\NC(=O)C(=O)Nc2cc(Cl)ccc2C)cc1OCC. The molecule has 0 radical (unpaired) electrons. The number of nitrogens with one attached hydrogen (secondary N) is 2. The van der Waals surface area contributed by atoms with Crippen LogP contribution in [-0.4, -0.2) is 31.2 Å². The molecule has 7 nitrogen and oxygen atoms in total. The smallest absolute Gasteiger partial charge is 0.329 e. The number of carbonyl (C=O) groups is 2. The molecule has 0 spiro atoms. The van der Waals surface area contributed by atoms with Crippen LogP contribution in [0.15, 0.2) is 41.5 Å². The summed E-state index contributed by atoms with van der Waals surface area (Å²) in [7, 11) is 0. The minimum Gasteiger partial charge on any atom is -0.490 e. The van der Waals surface area contributed by atoms with Crippen molar-refractivity contribution in [3.05, 3.63) is 52.5 Å². The van der Waals surface area contributed by atoms with Crippen molar-refractivity contribution in [3.63, 3.8) is 0 Å². The predicted molar refractivity (Wildman–Crippen MR) is 114 cm³/mol. The highest BCUT2D eigenvalue weighted by Crippen LogP contribution is 2.28. The maximum atomic E-state index is 12.0. The van der Waals surface area contributed by atoms with Crippen LogP contribution in [0.25, 0.3) is 0 Å². The molecule has 0 aliphatic heterocycles. The number of rotatable bonds is 8. The van der Waals surface area contributed by atoms with E-state index in [1.165, 1.54) is 6.21 Å². The molecular weight excluding hydrogens is 394 g/mol. The standard InChI is InChI=1S/C21H24ClN3O4/c1-4-10-29-18-9-7-15(11-19(18)28-5-2)13-23-25-21(27)20(26)24-17-12-16(22)8-6-14(17)3/h6-9,11-13H,4-5,10H2,1-3H3,(H,24,26)(H,25,27)/b23-13-. The van der Waals surface area contributed by atoms with Gasteiger partial charge in [-0.25, -0.2) is 5.43 Å². The van der Waals surface area contributed by atoms with Crippen LogP contribution in [0.4, 0.5) is 5.69 Å². The Labute approximate surface area is 175 Å². The fraction of sp³-hybridized carbons (Fsp3) is 0.286. The minimum absolute atomic E-state index is 0.459. The summed E-state index contributed by atoms with van der Waals surface area (Å²) in [4.78, 5) is 24.0. The first-order valence-corrected chi connectivity index (χ1v) is 9.62. The number of carbonyl (C=O) groups excluding carboxylic acids is 2. The number of hydrazone groups is 1. The van der Waals surface area contributed by atoms with Gasteiger partial charge in [-0.15, -0.1) is 0 Å². The molecule has 0 atom stereocenters. The van der Waals surface area contributed by atoms with Gasteiger partial charge in [0.1, 0.15) is 0 Å². The molecule has 0 aliphatic carbocycles. The summed E-state index contributed by atoms with van der Waals surface area (Å²) >= 11 is 5.91. The number of anilines is 1. The van der Waals surface area contributed by atoms with Crippen LogP contribution >= 0.6 is 11.6 Å². The van der Waals surface area contributed by atoms with Crippen LogP contribution in [0.1, 0.15) is 31.4 Å². The monoisotopic (exact) mass is 417 g/mol. The van der Waals surface area contributed by atoms with Crippen molar-refractivity contribution in [2.75, 3.05) is 18.5 Å². The van der Waals surface area contributed by atoms with Crippen LogP contribution in [0.3, 0.4) is 0 Å². The summed E-state index contributed by atoms with van der Waals surface area (Å²) < 4.78 is 11.2. The largest absolute Gasteiger partial charge is 0.490 e. The zero-order valence-electron chi connectivity index (χ0n) is 16.6. The van der Waals surface area contributed by atoms with Crippen LogP contribution in [0.2, 0.25) is 5.02 Å². The molecule has 8 heteroatoms. The van der Waals surface area contributed by atoms with Crippen molar-refractivity contribution in [2.24, 2.45) is 5.10 Å². The third-order valence-corrected chi connectivity index (χ3v) is 4.00. The number of aryl methyl sites for hydroxylation is 1. The molecule has 0 bridgehead atoms. The fourth-order valence-corrected chi connectivity index (χ4v) is 2.50. The number of hydrogen-bond acceptors (Lipinski definition) is 5. The van der Waals surface area contributed by atoms with Crippen molar-refractivity contribution in [3.8, 4) is 11.5 Å². The average molecular weight is 418 g/mol. The van der Waals surface area contributed by atoms with E-state index in [0.29, 0.717) is 41.0 Å². The lowest BCUT2D eigenvalue weighted by Gasteiger charge is -2.11. The lowest BCUT2D eigenvalue weighted by molar-refractivity contribution is -0.136. The average Bonchev–Trinajstić information content (AvgIpc) is 2.70. The van der Waals surface area contributed by atoms with Crippen molar-refractivity contribution < 1.29 is 19.1 Å². The first kappa shape index (κ1) is 22.2. The maximum absolute atomic E-state index is 12.0. The van der Waals surface area contributed by atoms with E-state index in [0.717, 1.165) is 12.0 Å². The molecule has 0 heterocycles. The van der Waals surface area contributed by atoms with Gasteiger partial charge in [-0.05, 0) is 61.7 Å². The second kappa shape index (κ2) is 11.1. The van der Waals surface area contributed by atoms with Gasteiger partial charge in [-0.2, -0.15) is 5.10 Å². The van der Waals surface area contributed by atoms with E-state index in [4.69, 9.17) is 21.1 Å². The third kappa shape index (κ3) is 6.80. The molecule has 0 saturated heterocycles. The summed E-state index contributed by atoms with van der Waals surface area (Å²) in [5.74, 6) is -0.504. The van der Waals surface area contributed by atoms with Crippen molar-refractivity contribution >= 4 is 35.3 Å². The van der Waals surface area contributed by atoms with E-state index >= 15 is 0 Å². The summed E-state index contributed by atoms with van der Waals surface area (Å²) in [6.07, 6.45) is 2.31. The number of benzene rings is 2. The van der Waals surface area contributed by atoms with Crippen molar-refractivity contribution in [1.29, 1.82) is 0 Å². The van der Waals surface area contributed by atoms with Gasteiger partial charge in [0.2, 0.25) is 0 Å². The van der Waals surface area contributed by atoms with Crippen molar-refractivity contribution in [1.82, 2.24) is 5.43 Å². The topological polar surface area (TPSA) is 89.0 Å². The Balaban J connectivity index is 1.99. The van der Waals surface area contributed by atoms with Crippen LogP contribution < -0.4 is 20.2 Å². The summed E-state index contributed by atoms with van der Waals surface area (Å²) in [5.41, 5.74) is 4.13. The molecule has 0 unspecified atom stereocenters. The van der Waals surface area contributed by atoms with E-state index in [1.807, 2.05) is 13.8 Å². The number of hydrogen-bond donors (Lipinski definition) is 2. The normalized spacial score (nSPS) is 10.6. The molecule has 2 aromatic rings. The Morgan fingerprint density at radius 1 is 1.07 bits per heavy atom. The molecule has 0 saturated carbocycles. The van der Waals surface area contributed by atoms with Gasteiger partial charge >= 0.3 is 11.8 Å². The lowest BCUT2D eigenvalue weighted by atomic mass is 10.2. The van der Waals surface area contributed by atoms with Gasteiger partial charge in [0.05, 0.1) is 19.4 Å². The van der Waals surface area contributed by atoms with Gasteiger partial charge in [-0.3, -0.25) is 9.59 Å². The second-order valence-corrected chi connectivity index (χ2v) is 6.54. The van der Waals surface area contributed by atoms with Gasteiger partial charge in [0.15, 0.2) is 11.5 Å². The van der Waals surface area contributed by atoms with Gasteiger partial charge in [0, 0.05) is 10.7 Å². The van der Waals surface area contributed by atoms with Gasteiger partial charge in [-0.1, -0.05) is 24.6 Å². The zero-order chi connectivity index (χ0) is 21.2. The van der Waals surface area contributed by atoms with Gasteiger partial charge in [0.25, 0.3) is 0 Å². The molecule has 2 aromatic carbocycles.